The molecular weight excluding hydrogens is 320 g/mol. The van der Waals surface area contributed by atoms with E-state index in [1.165, 1.54) is 23.3 Å². The van der Waals surface area contributed by atoms with Gasteiger partial charge in [-0.25, -0.2) is 4.98 Å². The number of carboxylic acid groups (broad SMARTS) is 1. The average molecular weight is 339 g/mol. The summed E-state index contributed by atoms with van der Waals surface area (Å²) in [6, 6.07) is 10.1. The van der Waals surface area contributed by atoms with Crippen LogP contribution in [0.1, 0.15) is 21.5 Å². The number of ether oxygens (including phenoxy) is 1. The molecule has 0 saturated heterocycles. The number of fused-ring (bicyclic) bond motifs is 1. The predicted octanol–water partition coefficient (Wildman–Crippen LogP) is 1.46. The third kappa shape index (κ3) is 3.80. The minimum Gasteiger partial charge on any atom is -0.545 e. The molecule has 0 aliphatic carbocycles. The quantitative estimate of drug-likeness (QED) is 0.734. The van der Waals surface area contributed by atoms with Crippen LogP contribution < -0.4 is 9.84 Å². The highest BCUT2D eigenvalue weighted by molar-refractivity contribution is 5.86. The Kier molecular flexibility index (Phi) is 4.72. The van der Waals surface area contributed by atoms with Crippen LogP contribution in [0.5, 0.6) is 5.75 Å². The SMILES string of the molecule is Cc1cc2ncn(C[C@@H](O)COc3cccc(C(=O)[O-])c3)c2cc1C. The number of imidazole rings is 1. The Bertz CT molecular complexity index is 917. The Morgan fingerprint density at radius 3 is 2.80 bits per heavy atom. The second-order valence-corrected chi connectivity index (χ2v) is 6.10. The molecule has 1 heterocycles. The van der Waals surface area contributed by atoms with Crippen LogP contribution in [-0.2, 0) is 6.54 Å². The lowest BCUT2D eigenvalue weighted by atomic mass is 10.1. The zero-order valence-corrected chi connectivity index (χ0v) is 14.1. The van der Waals surface area contributed by atoms with E-state index in [4.69, 9.17) is 4.74 Å². The first kappa shape index (κ1) is 17.0. The molecule has 0 spiro atoms. The minimum absolute atomic E-state index is 0.0402. The zero-order chi connectivity index (χ0) is 18.0. The molecule has 3 rings (SSSR count). The van der Waals surface area contributed by atoms with Crippen molar-refractivity contribution >= 4 is 17.0 Å². The summed E-state index contributed by atoms with van der Waals surface area (Å²) in [7, 11) is 0. The predicted molar refractivity (Wildman–Crippen MR) is 91.5 cm³/mol. The molecule has 6 heteroatoms. The topological polar surface area (TPSA) is 87.4 Å². The summed E-state index contributed by atoms with van der Waals surface area (Å²) in [4.78, 5) is 15.2. The molecule has 0 bridgehead atoms. The molecule has 1 aromatic heterocycles. The third-order valence-corrected chi connectivity index (χ3v) is 4.16. The van der Waals surface area contributed by atoms with Gasteiger partial charge in [-0.15, -0.1) is 0 Å². The largest absolute Gasteiger partial charge is 0.545 e. The van der Waals surface area contributed by atoms with Gasteiger partial charge < -0.3 is 24.3 Å². The molecule has 25 heavy (non-hydrogen) atoms. The van der Waals surface area contributed by atoms with Gasteiger partial charge in [0.15, 0.2) is 0 Å². The number of nitrogens with zero attached hydrogens (tertiary/aromatic N) is 2. The van der Waals surface area contributed by atoms with Crippen LogP contribution in [0, 0.1) is 13.8 Å². The normalized spacial score (nSPS) is 12.3. The Balaban J connectivity index is 1.67. The molecule has 2 aromatic carbocycles. The number of carbonyl (C=O) groups excluding carboxylic acids is 1. The van der Waals surface area contributed by atoms with Crippen molar-refractivity contribution in [2.75, 3.05) is 6.61 Å². The first-order chi connectivity index (χ1) is 11.9. The molecule has 1 atom stereocenters. The van der Waals surface area contributed by atoms with E-state index in [0.717, 1.165) is 11.0 Å². The maximum absolute atomic E-state index is 10.9. The van der Waals surface area contributed by atoms with Crippen LogP contribution >= 0.6 is 0 Å². The van der Waals surface area contributed by atoms with E-state index in [1.54, 1.807) is 18.5 Å². The Morgan fingerprint density at radius 2 is 2.04 bits per heavy atom. The van der Waals surface area contributed by atoms with E-state index in [9.17, 15) is 15.0 Å². The van der Waals surface area contributed by atoms with Crippen LogP contribution in [0.2, 0.25) is 0 Å². The van der Waals surface area contributed by atoms with Crippen molar-refractivity contribution in [2.24, 2.45) is 0 Å². The maximum Gasteiger partial charge on any atom is 0.120 e. The molecule has 3 aromatic rings. The van der Waals surface area contributed by atoms with E-state index in [1.807, 2.05) is 24.5 Å². The molecule has 0 aliphatic rings. The Morgan fingerprint density at radius 1 is 1.28 bits per heavy atom. The lowest BCUT2D eigenvalue weighted by Gasteiger charge is -2.14. The summed E-state index contributed by atoms with van der Waals surface area (Å²) >= 11 is 0. The highest BCUT2D eigenvalue weighted by Gasteiger charge is 2.11. The van der Waals surface area contributed by atoms with Gasteiger partial charge in [-0.3, -0.25) is 0 Å². The number of carbonyl (C=O) groups is 1. The summed E-state index contributed by atoms with van der Waals surface area (Å²) in [6.45, 7) is 4.45. The van der Waals surface area contributed by atoms with Gasteiger partial charge in [0.05, 0.1) is 29.9 Å². The summed E-state index contributed by atoms with van der Waals surface area (Å²) < 4.78 is 7.37. The van der Waals surface area contributed by atoms with Crippen LogP contribution in [-0.4, -0.2) is 33.3 Å². The zero-order valence-electron chi connectivity index (χ0n) is 14.1. The van der Waals surface area contributed by atoms with Crippen molar-refractivity contribution in [2.45, 2.75) is 26.5 Å². The second-order valence-electron chi connectivity index (χ2n) is 6.10. The number of carboxylic acids is 1. The lowest BCUT2D eigenvalue weighted by Crippen LogP contribution is -2.24. The van der Waals surface area contributed by atoms with Gasteiger partial charge in [-0.1, -0.05) is 12.1 Å². The number of rotatable bonds is 6. The standard InChI is InChI=1S/C19H20N2O4/c1-12-6-17-18(7-13(12)2)21(11-20-17)9-15(22)10-25-16-5-3-4-14(8-16)19(23)24/h3-8,11,15,22H,9-10H2,1-2H3,(H,23,24)/p-1/t15-/m1/s1. The summed E-state index contributed by atoms with van der Waals surface area (Å²) in [6.07, 6.45) is 0.939. The Labute approximate surface area is 145 Å². The van der Waals surface area contributed by atoms with Gasteiger partial charge in [0.1, 0.15) is 18.5 Å². The number of aliphatic hydroxyl groups is 1. The number of aromatic carboxylic acids is 1. The first-order valence-corrected chi connectivity index (χ1v) is 7.98. The van der Waals surface area contributed by atoms with Crippen LogP contribution in [0.15, 0.2) is 42.7 Å². The van der Waals surface area contributed by atoms with Crippen LogP contribution in [0.4, 0.5) is 0 Å². The molecular formula is C19H19N2O4-. The fraction of sp³-hybridized carbons (Fsp3) is 0.263. The third-order valence-electron chi connectivity index (χ3n) is 4.16. The van der Waals surface area contributed by atoms with Gasteiger partial charge in [-0.2, -0.15) is 0 Å². The number of hydrogen-bond acceptors (Lipinski definition) is 5. The highest BCUT2D eigenvalue weighted by atomic mass is 16.5. The number of benzene rings is 2. The van der Waals surface area contributed by atoms with Crippen molar-refractivity contribution < 1.29 is 19.7 Å². The first-order valence-electron chi connectivity index (χ1n) is 7.98. The van der Waals surface area contributed by atoms with Gasteiger partial charge >= 0.3 is 0 Å². The number of aromatic nitrogens is 2. The average Bonchev–Trinajstić information content (AvgIpc) is 2.95. The van der Waals surface area contributed by atoms with Gasteiger partial charge in [-0.05, 0) is 49.2 Å². The molecule has 0 unspecified atom stereocenters. The van der Waals surface area contributed by atoms with Crippen molar-refractivity contribution in [3.05, 3.63) is 59.4 Å². The molecule has 0 aliphatic heterocycles. The van der Waals surface area contributed by atoms with E-state index in [-0.39, 0.29) is 12.2 Å². The maximum atomic E-state index is 10.9. The summed E-state index contributed by atoms with van der Waals surface area (Å²) in [5.41, 5.74) is 4.23. The van der Waals surface area contributed by atoms with Gasteiger partial charge in [0.2, 0.25) is 0 Å². The lowest BCUT2D eigenvalue weighted by molar-refractivity contribution is -0.255. The second kappa shape index (κ2) is 6.94. The molecule has 0 amide bonds. The number of hydrogen-bond donors (Lipinski definition) is 1. The molecule has 0 fully saturated rings. The smallest absolute Gasteiger partial charge is 0.120 e. The fourth-order valence-electron chi connectivity index (χ4n) is 2.64. The molecule has 0 radical (unpaired) electrons. The van der Waals surface area contributed by atoms with Gasteiger partial charge in [0.25, 0.3) is 0 Å². The van der Waals surface area contributed by atoms with E-state index in [0.29, 0.717) is 12.3 Å². The fourth-order valence-corrected chi connectivity index (χ4v) is 2.64. The molecule has 1 N–H and O–H groups in total. The number of aryl methyl sites for hydroxylation is 2. The van der Waals surface area contributed by atoms with Crippen molar-refractivity contribution in [3.8, 4) is 5.75 Å². The van der Waals surface area contributed by atoms with Crippen molar-refractivity contribution in [1.29, 1.82) is 0 Å². The monoisotopic (exact) mass is 339 g/mol. The molecule has 130 valence electrons. The molecule has 6 nitrogen and oxygen atoms in total. The van der Waals surface area contributed by atoms with Gasteiger partial charge in [0, 0.05) is 5.56 Å². The summed E-state index contributed by atoms with van der Waals surface area (Å²) in [5, 5.41) is 21.1. The minimum atomic E-state index is -1.26. The van der Waals surface area contributed by atoms with E-state index < -0.39 is 12.1 Å². The Hall–Kier alpha value is -2.86. The van der Waals surface area contributed by atoms with Crippen molar-refractivity contribution in [1.82, 2.24) is 9.55 Å². The van der Waals surface area contributed by atoms with E-state index in [2.05, 4.69) is 11.1 Å². The summed E-state index contributed by atoms with van der Waals surface area (Å²) in [5.74, 6) is -0.885. The highest BCUT2D eigenvalue weighted by Crippen LogP contribution is 2.19. The van der Waals surface area contributed by atoms with Crippen LogP contribution in [0.25, 0.3) is 11.0 Å². The van der Waals surface area contributed by atoms with E-state index >= 15 is 0 Å². The number of aliphatic hydroxyl groups excluding tert-OH is 1. The van der Waals surface area contributed by atoms with Crippen LogP contribution in [0.3, 0.4) is 0 Å². The molecule has 0 saturated carbocycles. The van der Waals surface area contributed by atoms with Crippen molar-refractivity contribution in [3.63, 3.8) is 0 Å².